The van der Waals surface area contributed by atoms with Crippen LogP contribution in [0.3, 0.4) is 0 Å². The quantitative estimate of drug-likeness (QED) is 0.837. The van der Waals surface area contributed by atoms with Gasteiger partial charge >= 0.3 is 0 Å². The van der Waals surface area contributed by atoms with Gasteiger partial charge in [0.1, 0.15) is 11.1 Å². The SMILES string of the molecule is NC(=O)c1c(-c2ccc(Cl)cc2Cl)csc1NC(=O)[C@H]1CCCO1. The minimum Gasteiger partial charge on any atom is -0.368 e. The van der Waals surface area contributed by atoms with Crippen LogP contribution in [0.25, 0.3) is 11.1 Å². The zero-order valence-corrected chi connectivity index (χ0v) is 14.8. The lowest BCUT2D eigenvalue weighted by Crippen LogP contribution is -2.27. The molecule has 0 saturated carbocycles. The third kappa shape index (κ3) is 3.42. The van der Waals surface area contributed by atoms with Gasteiger partial charge in [-0.05, 0) is 25.0 Å². The minimum atomic E-state index is -0.639. The average molecular weight is 385 g/mol. The smallest absolute Gasteiger partial charge is 0.254 e. The maximum atomic E-state index is 12.2. The van der Waals surface area contributed by atoms with E-state index in [1.807, 2.05) is 0 Å². The summed E-state index contributed by atoms with van der Waals surface area (Å²) in [5, 5.41) is 5.76. The van der Waals surface area contributed by atoms with Gasteiger partial charge in [-0.25, -0.2) is 0 Å². The van der Waals surface area contributed by atoms with Gasteiger partial charge in [-0.15, -0.1) is 11.3 Å². The molecule has 8 heteroatoms. The van der Waals surface area contributed by atoms with Crippen molar-refractivity contribution in [3.63, 3.8) is 0 Å². The molecule has 24 heavy (non-hydrogen) atoms. The van der Waals surface area contributed by atoms with Gasteiger partial charge in [-0.3, -0.25) is 9.59 Å². The molecule has 1 aliphatic heterocycles. The van der Waals surface area contributed by atoms with Crippen molar-refractivity contribution >= 4 is 51.4 Å². The number of halogens is 2. The Labute approximate surface area is 152 Å². The molecule has 126 valence electrons. The van der Waals surface area contributed by atoms with Crippen LogP contribution in [-0.4, -0.2) is 24.5 Å². The molecular formula is C16H14Cl2N2O3S. The number of amides is 2. The van der Waals surface area contributed by atoms with Gasteiger partial charge in [-0.2, -0.15) is 0 Å². The van der Waals surface area contributed by atoms with Crippen LogP contribution >= 0.6 is 34.5 Å². The van der Waals surface area contributed by atoms with Gasteiger partial charge in [0, 0.05) is 33.2 Å². The second-order valence-corrected chi connectivity index (χ2v) is 7.06. The third-order valence-corrected chi connectivity index (χ3v) is 5.16. The van der Waals surface area contributed by atoms with Crippen LogP contribution in [0.2, 0.25) is 10.0 Å². The Morgan fingerprint density at radius 2 is 2.08 bits per heavy atom. The summed E-state index contributed by atoms with van der Waals surface area (Å²) >= 11 is 13.3. The molecule has 1 fully saturated rings. The summed E-state index contributed by atoms with van der Waals surface area (Å²) in [5.41, 5.74) is 6.95. The molecular weight excluding hydrogens is 371 g/mol. The Morgan fingerprint density at radius 3 is 2.71 bits per heavy atom. The number of hydrogen-bond donors (Lipinski definition) is 2. The molecule has 2 aromatic rings. The molecule has 3 N–H and O–H groups in total. The summed E-state index contributed by atoms with van der Waals surface area (Å²) < 4.78 is 5.35. The Hall–Kier alpha value is -1.60. The molecule has 1 aliphatic rings. The fraction of sp³-hybridized carbons (Fsp3) is 0.250. The number of carbonyl (C=O) groups excluding carboxylic acids is 2. The molecule has 5 nitrogen and oxygen atoms in total. The fourth-order valence-electron chi connectivity index (χ4n) is 2.58. The van der Waals surface area contributed by atoms with Gasteiger partial charge in [0.05, 0.1) is 5.56 Å². The second kappa shape index (κ2) is 7.11. The highest BCUT2D eigenvalue weighted by molar-refractivity contribution is 7.15. The summed E-state index contributed by atoms with van der Waals surface area (Å²) in [7, 11) is 0. The van der Waals surface area contributed by atoms with E-state index in [0.29, 0.717) is 39.2 Å². The minimum absolute atomic E-state index is 0.232. The Balaban J connectivity index is 1.95. The van der Waals surface area contributed by atoms with Crippen LogP contribution in [0.5, 0.6) is 0 Å². The van der Waals surface area contributed by atoms with Crippen molar-refractivity contribution in [1.29, 1.82) is 0 Å². The Kier molecular flexibility index (Phi) is 5.10. The number of primary amides is 1. The number of carbonyl (C=O) groups is 2. The molecule has 3 rings (SSSR count). The van der Waals surface area contributed by atoms with Gasteiger partial charge in [0.25, 0.3) is 11.8 Å². The topological polar surface area (TPSA) is 81.4 Å². The molecule has 0 bridgehead atoms. The Morgan fingerprint density at radius 1 is 1.29 bits per heavy atom. The monoisotopic (exact) mass is 384 g/mol. The number of nitrogens with two attached hydrogens (primary N) is 1. The summed E-state index contributed by atoms with van der Waals surface area (Å²) in [6.45, 7) is 0.566. The van der Waals surface area contributed by atoms with Crippen molar-refractivity contribution < 1.29 is 14.3 Å². The molecule has 0 spiro atoms. The van der Waals surface area contributed by atoms with Crippen LogP contribution in [0.15, 0.2) is 23.6 Å². The predicted octanol–water partition coefficient (Wildman–Crippen LogP) is 3.94. The van der Waals surface area contributed by atoms with E-state index >= 15 is 0 Å². The van der Waals surface area contributed by atoms with E-state index in [1.54, 1.807) is 23.6 Å². The van der Waals surface area contributed by atoms with Crippen molar-refractivity contribution in [1.82, 2.24) is 0 Å². The number of anilines is 1. The summed E-state index contributed by atoms with van der Waals surface area (Å²) in [6.07, 6.45) is 1.02. The van der Waals surface area contributed by atoms with E-state index in [-0.39, 0.29) is 11.5 Å². The van der Waals surface area contributed by atoms with Gasteiger partial charge < -0.3 is 15.8 Å². The van der Waals surface area contributed by atoms with Crippen LogP contribution < -0.4 is 11.1 Å². The van der Waals surface area contributed by atoms with E-state index in [2.05, 4.69) is 5.32 Å². The predicted molar refractivity (Wildman–Crippen MR) is 95.9 cm³/mol. The van der Waals surface area contributed by atoms with E-state index in [0.717, 1.165) is 6.42 Å². The number of rotatable bonds is 4. The van der Waals surface area contributed by atoms with Gasteiger partial charge in [-0.1, -0.05) is 29.3 Å². The van der Waals surface area contributed by atoms with Crippen molar-refractivity contribution in [2.75, 3.05) is 11.9 Å². The molecule has 1 aromatic heterocycles. The molecule has 0 radical (unpaired) electrons. The normalized spacial score (nSPS) is 17.0. The molecule has 1 saturated heterocycles. The van der Waals surface area contributed by atoms with E-state index in [4.69, 9.17) is 33.7 Å². The third-order valence-electron chi connectivity index (χ3n) is 3.72. The molecule has 1 atom stereocenters. The van der Waals surface area contributed by atoms with Crippen LogP contribution in [-0.2, 0) is 9.53 Å². The number of benzene rings is 1. The number of ether oxygens (including phenoxy) is 1. The highest BCUT2D eigenvalue weighted by atomic mass is 35.5. The van der Waals surface area contributed by atoms with E-state index in [1.165, 1.54) is 11.3 Å². The molecule has 0 aliphatic carbocycles. The van der Waals surface area contributed by atoms with E-state index in [9.17, 15) is 9.59 Å². The van der Waals surface area contributed by atoms with Crippen molar-refractivity contribution in [2.45, 2.75) is 18.9 Å². The van der Waals surface area contributed by atoms with Crippen molar-refractivity contribution in [2.24, 2.45) is 5.73 Å². The summed E-state index contributed by atoms with van der Waals surface area (Å²) in [5.74, 6) is -0.912. The second-order valence-electron chi connectivity index (χ2n) is 5.33. The highest BCUT2D eigenvalue weighted by Gasteiger charge is 2.27. The first-order valence-electron chi connectivity index (χ1n) is 7.26. The first-order valence-corrected chi connectivity index (χ1v) is 8.90. The summed E-state index contributed by atoms with van der Waals surface area (Å²) in [6, 6.07) is 4.98. The summed E-state index contributed by atoms with van der Waals surface area (Å²) in [4.78, 5) is 24.2. The molecule has 0 unspecified atom stereocenters. The number of hydrogen-bond acceptors (Lipinski definition) is 4. The molecule has 1 aromatic carbocycles. The first kappa shape index (κ1) is 17.2. The average Bonchev–Trinajstić information content (AvgIpc) is 3.16. The largest absolute Gasteiger partial charge is 0.368 e. The number of nitrogens with one attached hydrogen (secondary N) is 1. The fourth-order valence-corrected chi connectivity index (χ4v) is 4.06. The van der Waals surface area contributed by atoms with Crippen molar-refractivity contribution in [3.05, 3.63) is 39.2 Å². The highest BCUT2D eigenvalue weighted by Crippen LogP contribution is 2.39. The lowest BCUT2D eigenvalue weighted by molar-refractivity contribution is -0.124. The standard InChI is InChI=1S/C16H14Cl2N2O3S/c17-8-3-4-9(11(18)6-8)10-7-24-16(13(10)14(19)21)20-15(22)12-2-1-5-23-12/h3-4,6-7,12H,1-2,5H2,(H2,19,21)(H,20,22)/t12-/m1/s1. The van der Waals surface area contributed by atoms with Crippen LogP contribution in [0.1, 0.15) is 23.2 Å². The zero-order valence-electron chi connectivity index (χ0n) is 12.5. The maximum Gasteiger partial charge on any atom is 0.254 e. The lowest BCUT2D eigenvalue weighted by Gasteiger charge is -2.11. The first-order chi connectivity index (χ1) is 11.5. The van der Waals surface area contributed by atoms with Gasteiger partial charge in [0.15, 0.2) is 0 Å². The maximum absolute atomic E-state index is 12.2. The van der Waals surface area contributed by atoms with E-state index < -0.39 is 12.0 Å². The zero-order chi connectivity index (χ0) is 17.3. The van der Waals surface area contributed by atoms with Gasteiger partial charge in [0.2, 0.25) is 0 Å². The molecule has 2 heterocycles. The van der Waals surface area contributed by atoms with Crippen LogP contribution in [0.4, 0.5) is 5.00 Å². The lowest BCUT2D eigenvalue weighted by atomic mass is 10.0. The number of thiophene rings is 1. The Bertz CT molecular complexity index is 801. The molecule has 2 amide bonds. The van der Waals surface area contributed by atoms with Crippen molar-refractivity contribution in [3.8, 4) is 11.1 Å². The van der Waals surface area contributed by atoms with Crippen LogP contribution in [0, 0.1) is 0 Å².